The first-order valence-electron chi connectivity index (χ1n) is 57.5. The number of anilines is 6. The Morgan fingerprint density at radius 3 is 0.978 bits per heavy atom. The Morgan fingerprint density at radius 1 is 0.216 bits per heavy atom. The van der Waals surface area contributed by atoms with E-state index in [0.717, 1.165) is 55.2 Å². The second-order valence-corrected chi connectivity index (χ2v) is 51.9. The molecule has 0 saturated carbocycles. The van der Waals surface area contributed by atoms with Gasteiger partial charge in [0.2, 0.25) is 0 Å². The molecule has 134 heavy (non-hydrogen) atoms. The SMILES string of the molecule is [2H]c1c([2H])c(C(C)(C)C)c([2H])c([2H])c1-c1c([2H])c(C(C)(C)C)c([2H])c(-c2c([2H])c(C(C)(C)C)c([2H])c(C(C)(C)C)c2[2H])c1N1c2cc(-n3c4ccc(C(C)(C)C)cc4c4cc(C(C)(C)C)ccc43)ccc2B2c3ccc(-c4cc(C(C)(C)C)cc(C(C)(C)C)c4)cc3N(c3c(-c4c([2H])c([2H])c(C(C)(C)C)c([2H])c4[2H])c([2H])c(C(C)(C)C)c([2H])c3-c3c([2H])c([2H])c(C(C)(C)C)c([2H])c3C(C)(C)C)c3cc(-c4cccc(C(C)(C)C)c4)cc1c32. The summed E-state index contributed by atoms with van der Waals surface area (Å²) in [4.78, 5) is 4.01. The van der Waals surface area contributed by atoms with Gasteiger partial charge in [0, 0.05) is 61.5 Å². The lowest BCUT2D eigenvalue weighted by atomic mass is 9.33. The molecule has 0 atom stereocenters. The first-order chi connectivity index (χ1) is 69.2. The number of hydrogen-bond donors (Lipinski definition) is 0. The second-order valence-electron chi connectivity index (χ2n) is 51.9. The van der Waals surface area contributed by atoms with Gasteiger partial charge in [0.1, 0.15) is 0 Å². The predicted octanol–water partition coefficient (Wildman–Crippen LogP) is 35.7. The molecule has 3 heterocycles. The van der Waals surface area contributed by atoms with Gasteiger partial charge < -0.3 is 14.4 Å². The van der Waals surface area contributed by atoms with Gasteiger partial charge in [0.15, 0.2) is 0 Å². The van der Waals surface area contributed by atoms with Crippen molar-refractivity contribution in [2.45, 2.75) is 340 Å². The van der Waals surface area contributed by atoms with Crippen LogP contribution >= 0.6 is 0 Å². The summed E-state index contributed by atoms with van der Waals surface area (Å²) in [5.74, 6) is 0. The van der Waals surface area contributed by atoms with E-state index < -0.39 is 90.4 Å². The zero-order valence-electron chi connectivity index (χ0n) is 106. The maximum Gasteiger partial charge on any atom is 0.252 e. The number of fused-ring (bicyclic) bond motifs is 7. The lowest BCUT2D eigenvalue weighted by molar-refractivity contribution is 0.568. The molecule has 0 fully saturated rings. The number of aromatic nitrogens is 1. The van der Waals surface area contributed by atoms with Gasteiger partial charge >= 0.3 is 0 Å². The fourth-order valence-electron chi connectivity index (χ4n) is 18.5. The zero-order chi connectivity index (χ0) is 114. The molecule has 0 bridgehead atoms. The first kappa shape index (κ1) is 75.5. The minimum atomic E-state index is -1.23. The highest BCUT2D eigenvalue weighted by atomic mass is 15.2. The minimum Gasteiger partial charge on any atom is -0.310 e. The van der Waals surface area contributed by atoms with Crippen LogP contribution in [0.4, 0.5) is 34.1 Å². The summed E-state index contributed by atoms with van der Waals surface area (Å²) < 4.78 is 203. The Labute approximate surface area is 834 Å². The summed E-state index contributed by atoms with van der Waals surface area (Å²) in [6, 6.07) is 39.2. The smallest absolute Gasteiger partial charge is 0.252 e. The monoisotopic (exact) mass is 1790 g/mol. The van der Waals surface area contributed by atoms with Gasteiger partial charge in [0.05, 0.1) is 47.1 Å². The van der Waals surface area contributed by atoms with Crippen molar-refractivity contribution in [1.29, 1.82) is 0 Å². The maximum absolute atomic E-state index is 12.0. The van der Waals surface area contributed by atoms with Gasteiger partial charge in [-0.15, -0.1) is 0 Å². The van der Waals surface area contributed by atoms with E-state index in [0.29, 0.717) is 61.5 Å². The number of rotatable bonds is 9. The number of benzene rings is 13. The Kier molecular flexibility index (Phi) is 18.3. The molecule has 0 saturated heterocycles. The van der Waals surface area contributed by atoms with E-state index in [9.17, 15) is 24.7 Å². The summed E-state index contributed by atoms with van der Waals surface area (Å²) in [6.07, 6.45) is 0. The zero-order valence-corrected chi connectivity index (χ0v) is 88.0. The summed E-state index contributed by atoms with van der Waals surface area (Å²) >= 11 is 0. The van der Waals surface area contributed by atoms with Crippen LogP contribution in [0.3, 0.4) is 0 Å². The average Bonchev–Trinajstić information content (AvgIpc) is 0.710. The van der Waals surface area contributed by atoms with E-state index in [-0.39, 0.29) is 196 Å². The second kappa shape index (κ2) is 32.5. The molecule has 0 aliphatic carbocycles. The Balaban J connectivity index is 1.31. The normalized spacial score (nSPS) is 15.9. The van der Waals surface area contributed by atoms with Crippen molar-refractivity contribution in [2.24, 2.45) is 0 Å². The third-order valence-electron chi connectivity index (χ3n) is 27.1. The van der Waals surface area contributed by atoms with Crippen molar-refractivity contribution in [1.82, 2.24) is 4.57 Å². The maximum atomic E-state index is 12.0. The van der Waals surface area contributed by atoms with E-state index in [1.165, 1.54) is 0 Å². The topological polar surface area (TPSA) is 11.4 Å². The summed E-state index contributed by atoms with van der Waals surface area (Å²) in [5, 5.41) is 1.96. The molecule has 3 nitrogen and oxygen atoms in total. The minimum absolute atomic E-state index is 0.00464. The average molecular weight is 1790 g/mol. The van der Waals surface area contributed by atoms with E-state index in [1.54, 1.807) is 0 Å². The molecule has 13 aromatic carbocycles. The predicted molar refractivity (Wildman–Crippen MR) is 591 cm³/mol. The summed E-state index contributed by atoms with van der Waals surface area (Å²) in [5.41, 5.74) is 2.86. The Hall–Kier alpha value is -10.7. The van der Waals surface area contributed by atoms with E-state index in [4.69, 9.17) is 0 Å². The van der Waals surface area contributed by atoms with E-state index in [2.05, 4.69) is 224 Å². The van der Waals surface area contributed by atoms with Crippen LogP contribution in [0.25, 0.3) is 94.3 Å². The van der Waals surface area contributed by atoms with Crippen LogP contribution in [-0.4, -0.2) is 11.3 Å². The highest BCUT2D eigenvalue weighted by Crippen LogP contribution is 2.58. The molecule has 2 aliphatic heterocycles. The van der Waals surface area contributed by atoms with Crippen molar-refractivity contribution < 1.29 is 24.7 Å². The van der Waals surface area contributed by atoms with E-state index in [1.807, 2.05) is 188 Å². The number of nitrogens with zero attached hydrogens (tertiary/aromatic N) is 3. The standard InChI is InChI=1S/C130H156BN3/c1-118(2,3)86-48-43-79(44-49-86)100-73-96(128(31,32)33)75-102(85-64-94(126(25,26)27)70-95(65-85)127(28,29)30)116(100)134-112-78-98(132-109-59-53-89(121(10,11)12)71-103(109)104-72-90(122(13,14)15)54-60-110(104)132)55-58-108(112)131-107-57-47-82(83-62-92(124(19,20)21)69-93(63-83)125(22,23)24)66-111(107)133(113-67-84(68-114(134)115(113)131)81-41-40-42-88(61-81)120(7,8)9)117-101(80-45-50-87(51-46-80)119(4,5)6)74-97(129(34,35)36)76-105(117)99-56-52-91(123(16,17)18)77-106(99)130(37,38)39/h40-78H,1-39H3/i43D,44D,45D,46D,48D,49D,50D,51D,52D,56D,64D,65D,70D,73D,74D,75D,76D,77D. The van der Waals surface area contributed by atoms with Gasteiger partial charge in [-0.25, -0.2) is 0 Å². The van der Waals surface area contributed by atoms with Crippen LogP contribution in [0, 0.1) is 0 Å². The third kappa shape index (κ3) is 18.2. The molecule has 0 amide bonds. The molecule has 694 valence electrons. The van der Waals surface area contributed by atoms with Crippen LogP contribution in [-0.2, 0) is 70.4 Å². The quantitative estimate of drug-likeness (QED) is 0.133. The molecule has 1 aromatic heterocycles. The molecule has 0 radical (unpaired) electrons. The van der Waals surface area contributed by atoms with Crippen molar-refractivity contribution in [2.75, 3.05) is 9.80 Å². The van der Waals surface area contributed by atoms with Crippen LogP contribution in [0.5, 0.6) is 0 Å². The van der Waals surface area contributed by atoms with Gasteiger partial charge in [0.25, 0.3) is 6.71 Å². The molecule has 0 spiro atoms. The van der Waals surface area contributed by atoms with Crippen molar-refractivity contribution in [3.63, 3.8) is 0 Å². The molecular formula is C130H156BN3. The fourth-order valence-corrected chi connectivity index (χ4v) is 18.5. The first-order valence-corrected chi connectivity index (χ1v) is 48.5. The van der Waals surface area contributed by atoms with Gasteiger partial charge in [-0.05, 0) is 282 Å². The van der Waals surface area contributed by atoms with Gasteiger partial charge in [-0.2, -0.15) is 0 Å². The van der Waals surface area contributed by atoms with E-state index >= 15 is 0 Å². The van der Waals surface area contributed by atoms with Crippen LogP contribution in [0.2, 0.25) is 0 Å². The van der Waals surface area contributed by atoms with Gasteiger partial charge in [-0.1, -0.05) is 427 Å². The lowest BCUT2D eigenvalue weighted by Gasteiger charge is -2.46. The molecule has 16 rings (SSSR count). The van der Waals surface area contributed by atoms with Crippen LogP contribution in [0.1, 0.15) is 367 Å². The highest BCUT2D eigenvalue weighted by molar-refractivity contribution is 7.00. The van der Waals surface area contributed by atoms with Gasteiger partial charge in [-0.3, -0.25) is 0 Å². The molecule has 2 aliphatic rings. The fraction of sp³-hybridized carbons (Fsp3) is 0.400. The Morgan fingerprint density at radius 2 is 0.560 bits per heavy atom. The van der Waals surface area contributed by atoms with Crippen LogP contribution in [0.15, 0.2) is 236 Å². The molecule has 0 unspecified atom stereocenters. The Bertz CT molecular complexity index is 7950. The van der Waals surface area contributed by atoms with Crippen LogP contribution < -0.4 is 26.2 Å². The summed E-state index contributed by atoms with van der Waals surface area (Å²) in [6.45, 7) is 77.4. The van der Waals surface area contributed by atoms with Crippen molar-refractivity contribution in [3.05, 3.63) is 308 Å². The summed E-state index contributed by atoms with van der Waals surface area (Å²) in [7, 11) is 0. The number of hydrogen-bond acceptors (Lipinski definition) is 2. The molecular weight excluding hydrogens is 1610 g/mol. The third-order valence-corrected chi connectivity index (χ3v) is 27.1. The highest BCUT2D eigenvalue weighted by Gasteiger charge is 2.48. The molecule has 4 heteroatoms. The van der Waals surface area contributed by atoms with Crippen molar-refractivity contribution >= 4 is 79.0 Å². The molecule has 0 N–H and O–H groups in total. The van der Waals surface area contributed by atoms with Crippen molar-refractivity contribution in [3.8, 4) is 72.4 Å². The molecule has 14 aromatic rings. The largest absolute Gasteiger partial charge is 0.310 e. The lowest BCUT2D eigenvalue weighted by Crippen LogP contribution is -2.61.